The van der Waals surface area contributed by atoms with Crippen molar-refractivity contribution in [3.05, 3.63) is 54.4 Å². The molecule has 0 bridgehead atoms. The van der Waals surface area contributed by atoms with Crippen LogP contribution in [0.3, 0.4) is 0 Å². The second-order valence-electron chi connectivity index (χ2n) is 3.74. The lowest BCUT2D eigenvalue weighted by Crippen LogP contribution is -2.17. The molecule has 1 aromatic carbocycles. The second kappa shape index (κ2) is 5.46. The summed E-state index contributed by atoms with van der Waals surface area (Å²) in [5.74, 6) is 0. The van der Waals surface area contributed by atoms with Crippen LogP contribution in [-0.2, 0) is 6.61 Å². The van der Waals surface area contributed by atoms with Crippen LogP contribution in [0.1, 0.15) is 12.5 Å². The summed E-state index contributed by atoms with van der Waals surface area (Å²) in [7, 11) is 0. The van der Waals surface area contributed by atoms with Gasteiger partial charge in [0, 0.05) is 35.9 Å². The Balaban J connectivity index is 2.42. The fourth-order valence-electron chi connectivity index (χ4n) is 1.90. The number of hydrogen-bond donors (Lipinski definition) is 1. The van der Waals surface area contributed by atoms with Gasteiger partial charge in [-0.05, 0) is 25.1 Å². The molecule has 0 saturated heterocycles. The molecule has 0 atom stereocenters. The fraction of sp³-hybridized carbons (Fsp3) is 0.214. The van der Waals surface area contributed by atoms with Crippen molar-refractivity contribution in [3.8, 4) is 0 Å². The first kappa shape index (κ1) is 11.6. The Labute approximate surface area is 101 Å². The van der Waals surface area contributed by atoms with Crippen molar-refractivity contribution in [2.75, 3.05) is 11.4 Å². The molecule has 2 aromatic rings. The van der Waals surface area contributed by atoms with Gasteiger partial charge in [0.2, 0.25) is 0 Å². The van der Waals surface area contributed by atoms with Crippen molar-refractivity contribution in [2.24, 2.45) is 0 Å². The summed E-state index contributed by atoms with van der Waals surface area (Å²) in [4.78, 5) is 6.20. The van der Waals surface area contributed by atoms with E-state index in [1.54, 1.807) is 12.4 Å². The van der Waals surface area contributed by atoms with E-state index in [2.05, 4.69) is 28.9 Å². The highest BCUT2D eigenvalue weighted by molar-refractivity contribution is 5.65. The average Bonchev–Trinajstić information content (AvgIpc) is 2.41. The molecule has 3 heteroatoms. The minimum Gasteiger partial charge on any atom is -0.392 e. The average molecular weight is 228 g/mol. The molecule has 88 valence electrons. The molecule has 17 heavy (non-hydrogen) atoms. The number of anilines is 2. The van der Waals surface area contributed by atoms with Crippen molar-refractivity contribution < 1.29 is 5.11 Å². The monoisotopic (exact) mass is 228 g/mol. The Morgan fingerprint density at radius 2 is 1.94 bits per heavy atom. The number of aliphatic hydroxyl groups is 1. The SMILES string of the molecule is CCN(c1ccccc1)c1ccncc1CO. The van der Waals surface area contributed by atoms with Crippen LogP contribution in [0.2, 0.25) is 0 Å². The van der Waals surface area contributed by atoms with Gasteiger partial charge in [-0.1, -0.05) is 18.2 Å². The van der Waals surface area contributed by atoms with E-state index in [0.717, 1.165) is 23.5 Å². The normalized spacial score (nSPS) is 10.2. The first-order valence-corrected chi connectivity index (χ1v) is 5.73. The molecule has 3 nitrogen and oxygen atoms in total. The van der Waals surface area contributed by atoms with E-state index >= 15 is 0 Å². The van der Waals surface area contributed by atoms with Gasteiger partial charge in [0.25, 0.3) is 0 Å². The predicted octanol–water partition coefficient (Wildman–Crippen LogP) is 2.73. The van der Waals surface area contributed by atoms with Gasteiger partial charge < -0.3 is 10.0 Å². The van der Waals surface area contributed by atoms with E-state index in [4.69, 9.17) is 0 Å². The van der Waals surface area contributed by atoms with Crippen LogP contribution in [0, 0.1) is 0 Å². The molecule has 0 fully saturated rings. The highest BCUT2D eigenvalue weighted by Gasteiger charge is 2.10. The van der Waals surface area contributed by atoms with Gasteiger partial charge in [0.1, 0.15) is 0 Å². The van der Waals surface area contributed by atoms with Crippen LogP contribution in [0.15, 0.2) is 48.8 Å². The van der Waals surface area contributed by atoms with Crippen molar-refractivity contribution in [1.82, 2.24) is 4.98 Å². The molecule has 0 saturated carbocycles. The van der Waals surface area contributed by atoms with Crippen molar-refractivity contribution in [2.45, 2.75) is 13.5 Å². The van der Waals surface area contributed by atoms with Gasteiger partial charge >= 0.3 is 0 Å². The van der Waals surface area contributed by atoms with Crippen molar-refractivity contribution in [3.63, 3.8) is 0 Å². The summed E-state index contributed by atoms with van der Waals surface area (Å²) in [6, 6.07) is 12.1. The molecule has 0 aliphatic rings. The van der Waals surface area contributed by atoms with E-state index in [-0.39, 0.29) is 6.61 Å². The van der Waals surface area contributed by atoms with Gasteiger partial charge in [-0.15, -0.1) is 0 Å². The Kier molecular flexibility index (Phi) is 3.73. The predicted molar refractivity (Wildman–Crippen MR) is 69.3 cm³/mol. The summed E-state index contributed by atoms with van der Waals surface area (Å²) in [5.41, 5.74) is 2.98. The number of para-hydroxylation sites is 1. The number of aliphatic hydroxyl groups excluding tert-OH is 1. The summed E-state index contributed by atoms with van der Waals surface area (Å²) >= 11 is 0. The molecule has 0 amide bonds. The van der Waals surface area contributed by atoms with E-state index in [0.29, 0.717) is 0 Å². The topological polar surface area (TPSA) is 36.4 Å². The zero-order valence-electron chi connectivity index (χ0n) is 9.87. The smallest absolute Gasteiger partial charge is 0.0717 e. The molecular formula is C14H16N2O. The van der Waals surface area contributed by atoms with Crippen LogP contribution in [0.25, 0.3) is 0 Å². The molecule has 0 unspecified atom stereocenters. The Hall–Kier alpha value is -1.87. The molecular weight excluding hydrogens is 212 g/mol. The third kappa shape index (κ3) is 2.45. The van der Waals surface area contributed by atoms with Crippen LogP contribution >= 0.6 is 0 Å². The second-order valence-corrected chi connectivity index (χ2v) is 3.74. The lowest BCUT2D eigenvalue weighted by molar-refractivity contribution is 0.281. The minimum absolute atomic E-state index is 0.00646. The maximum absolute atomic E-state index is 9.34. The zero-order chi connectivity index (χ0) is 12.1. The van der Waals surface area contributed by atoms with Crippen LogP contribution in [0.4, 0.5) is 11.4 Å². The zero-order valence-corrected chi connectivity index (χ0v) is 9.87. The van der Waals surface area contributed by atoms with E-state index in [1.807, 2.05) is 24.3 Å². The van der Waals surface area contributed by atoms with Crippen LogP contribution in [-0.4, -0.2) is 16.6 Å². The standard InChI is InChI=1S/C14H16N2O/c1-2-16(13-6-4-3-5-7-13)14-8-9-15-10-12(14)11-17/h3-10,17H,2,11H2,1H3. The number of pyridine rings is 1. The fourth-order valence-corrected chi connectivity index (χ4v) is 1.90. The summed E-state index contributed by atoms with van der Waals surface area (Å²) < 4.78 is 0. The molecule has 1 heterocycles. The number of aromatic nitrogens is 1. The summed E-state index contributed by atoms with van der Waals surface area (Å²) in [6.07, 6.45) is 3.46. The first-order chi connectivity index (χ1) is 8.36. The van der Waals surface area contributed by atoms with Gasteiger partial charge in [-0.2, -0.15) is 0 Å². The molecule has 0 spiro atoms. The summed E-state index contributed by atoms with van der Waals surface area (Å²) in [5, 5.41) is 9.34. The van der Waals surface area contributed by atoms with Gasteiger partial charge in [0.05, 0.1) is 6.61 Å². The molecule has 0 aliphatic heterocycles. The molecule has 1 aromatic heterocycles. The maximum atomic E-state index is 9.34. The Morgan fingerprint density at radius 1 is 1.18 bits per heavy atom. The third-order valence-corrected chi connectivity index (χ3v) is 2.72. The number of nitrogens with zero attached hydrogens (tertiary/aromatic N) is 2. The number of rotatable bonds is 4. The lowest BCUT2D eigenvalue weighted by Gasteiger charge is -2.25. The largest absolute Gasteiger partial charge is 0.392 e. The van der Waals surface area contributed by atoms with Crippen LogP contribution in [0.5, 0.6) is 0 Å². The quantitative estimate of drug-likeness (QED) is 0.874. The Morgan fingerprint density at radius 3 is 2.59 bits per heavy atom. The van der Waals surface area contributed by atoms with Crippen molar-refractivity contribution >= 4 is 11.4 Å². The van der Waals surface area contributed by atoms with Crippen LogP contribution < -0.4 is 4.90 Å². The molecule has 0 aliphatic carbocycles. The number of hydrogen-bond acceptors (Lipinski definition) is 3. The molecule has 1 N–H and O–H groups in total. The minimum atomic E-state index is 0.00646. The number of benzene rings is 1. The lowest BCUT2D eigenvalue weighted by atomic mass is 10.2. The maximum Gasteiger partial charge on any atom is 0.0717 e. The van der Waals surface area contributed by atoms with Gasteiger partial charge in [-0.3, -0.25) is 4.98 Å². The highest BCUT2D eigenvalue weighted by atomic mass is 16.3. The Bertz CT molecular complexity index is 471. The molecule has 0 radical (unpaired) electrons. The third-order valence-electron chi connectivity index (χ3n) is 2.72. The van der Waals surface area contributed by atoms with Crippen molar-refractivity contribution in [1.29, 1.82) is 0 Å². The van der Waals surface area contributed by atoms with E-state index in [9.17, 15) is 5.11 Å². The van der Waals surface area contributed by atoms with E-state index in [1.165, 1.54) is 0 Å². The first-order valence-electron chi connectivity index (χ1n) is 5.73. The molecule has 2 rings (SSSR count). The van der Waals surface area contributed by atoms with Gasteiger partial charge in [0.15, 0.2) is 0 Å². The van der Waals surface area contributed by atoms with E-state index < -0.39 is 0 Å². The summed E-state index contributed by atoms with van der Waals surface area (Å²) in [6.45, 7) is 2.95. The highest BCUT2D eigenvalue weighted by Crippen LogP contribution is 2.27. The van der Waals surface area contributed by atoms with Gasteiger partial charge in [-0.25, -0.2) is 0 Å².